The maximum absolute atomic E-state index is 6.18. The predicted octanol–water partition coefficient (Wildman–Crippen LogP) is 2.28. The molecular weight excluding hydrogens is 300 g/mol. The smallest absolute Gasteiger partial charge is 0.322 e. The largest absolute Gasteiger partial charge is 0.418 e. The van der Waals surface area contributed by atoms with Crippen LogP contribution >= 0.6 is 0 Å². The monoisotopic (exact) mass is 328 g/mol. The Hall–Kier alpha value is 0.668. The van der Waals surface area contributed by atoms with E-state index in [1.54, 1.807) is 14.2 Å². The fourth-order valence-electron chi connectivity index (χ4n) is 1.72. The Morgan fingerprint density at radius 3 is 1.56 bits per heavy atom. The lowest BCUT2D eigenvalue weighted by atomic mass is 11.8. The quantitative estimate of drug-likeness (QED) is 0.640. The Bertz CT molecular complexity index is 259. The maximum Gasteiger partial charge on any atom is 0.322 e. The summed E-state index contributed by atoms with van der Waals surface area (Å²) in [6.45, 7) is 14.2. The molecule has 0 heterocycles. The highest BCUT2D eigenvalue weighted by Crippen LogP contribution is 2.21. The lowest BCUT2D eigenvalue weighted by Crippen LogP contribution is -2.55. The van der Waals surface area contributed by atoms with Gasteiger partial charge in [-0.3, -0.25) is 0 Å². The third-order valence-corrected chi connectivity index (χ3v) is 15.4. The summed E-state index contributed by atoms with van der Waals surface area (Å²) in [5, 5.41) is 0. The topological polar surface area (TPSA) is 46.2 Å². The van der Waals surface area contributed by atoms with Crippen LogP contribution in [0.3, 0.4) is 0 Å². The summed E-state index contributed by atoms with van der Waals surface area (Å²) >= 11 is 0. The van der Waals surface area contributed by atoms with E-state index in [-0.39, 0.29) is 0 Å². The first-order valence-corrected chi connectivity index (χ1v) is 16.6. The Labute approximate surface area is 116 Å². The molecule has 0 aliphatic carbocycles. The summed E-state index contributed by atoms with van der Waals surface area (Å²) in [5.41, 5.74) is 0. The molecule has 0 rings (SSSR count). The molecule has 0 aliphatic rings. The van der Waals surface area contributed by atoms with Crippen molar-refractivity contribution < 1.29 is 21.2 Å². The molecule has 0 amide bonds. The molecule has 0 aromatic heterocycles. The van der Waals surface area contributed by atoms with E-state index in [0.717, 1.165) is 0 Å². The van der Waals surface area contributed by atoms with Gasteiger partial charge in [0.25, 0.3) is 0 Å². The summed E-state index contributed by atoms with van der Waals surface area (Å²) in [6, 6.07) is 0. The van der Waals surface area contributed by atoms with Crippen molar-refractivity contribution in [3.8, 4) is 0 Å². The second-order valence-corrected chi connectivity index (χ2v) is 18.5. The normalized spacial score (nSPS) is 15.8. The zero-order valence-electron chi connectivity index (χ0n) is 13.1. The molecule has 0 aromatic rings. The summed E-state index contributed by atoms with van der Waals surface area (Å²) in [5.74, 6) is 0. The zero-order chi connectivity index (χ0) is 14.6. The first-order chi connectivity index (χ1) is 7.93. The molecular formula is C9H28O5Si4. The number of hydrogen-bond donors (Lipinski definition) is 0. The van der Waals surface area contributed by atoms with Crippen molar-refractivity contribution in [2.24, 2.45) is 0 Å². The van der Waals surface area contributed by atoms with Crippen LogP contribution in [0.15, 0.2) is 0 Å². The van der Waals surface area contributed by atoms with E-state index in [1.807, 2.05) is 45.8 Å². The molecule has 18 heavy (non-hydrogen) atoms. The Morgan fingerprint density at radius 1 is 0.722 bits per heavy atom. The minimum atomic E-state index is -2.23. The molecule has 5 nitrogen and oxygen atoms in total. The van der Waals surface area contributed by atoms with Crippen LogP contribution in [0, 0.1) is 0 Å². The van der Waals surface area contributed by atoms with E-state index in [0.29, 0.717) is 0 Å². The van der Waals surface area contributed by atoms with Crippen molar-refractivity contribution in [2.75, 3.05) is 14.2 Å². The first-order valence-electron chi connectivity index (χ1n) is 6.09. The molecule has 0 spiro atoms. The van der Waals surface area contributed by atoms with Gasteiger partial charge in [-0.05, 0) is 45.8 Å². The molecule has 0 fully saturated rings. The third-order valence-electron chi connectivity index (χ3n) is 2.26. The average Bonchev–Trinajstić information content (AvgIpc) is 2.13. The SMILES string of the molecule is CO[SiH](C)O[Si](C)(C)O[Si](C)(C)O[Si](C)(C)OC. The summed E-state index contributed by atoms with van der Waals surface area (Å²) in [7, 11) is -4.71. The second kappa shape index (κ2) is 6.90. The van der Waals surface area contributed by atoms with Gasteiger partial charge in [0.15, 0.2) is 0 Å². The van der Waals surface area contributed by atoms with Gasteiger partial charge in [-0.15, -0.1) is 0 Å². The van der Waals surface area contributed by atoms with Crippen LogP contribution in [-0.4, -0.2) is 49.2 Å². The van der Waals surface area contributed by atoms with E-state index in [9.17, 15) is 0 Å². The van der Waals surface area contributed by atoms with Gasteiger partial charge in [-0.25, -0.2) is 0 Å². The number of hydrogen-bond acceptors (Lipinski definition) is 5. The highest BCUT2D eigenvalue weighted by Gasteiger charge is 2.41. The maximum atomic E-state index is 6.18. The van der Waals surface area contributed by atoms with Crippen LogP contribution in [-0.2, 0) is 21.2 Å². The van der Waals surface area contributed by atoms with Gasteiger partial charge < -0.3 is 21.2 Å². The van der Waals surface area contributed by atoms with Gasteiger partial charge >= 0.3 is 35.0 Å². The molecule has 110 valence electrons. The van der Waals surface area contributed by atoms with Gasteiger partial charge in [0.2, 0.25) is 0 Å². The van der Waals surface area contributed by atoms with Crippen LogP contribution in [0.1, 0.15) is 0 Å². The van der Waals surface area contributed by atoms with E-state index in [2.05, 4.69) is 0 Å². The van der Waals surface area contributed by atoms with Gasteiger partial charge in [0, 0.05) is 14.2 Å². The van der Waals surface area contributed by atoms with Crippen molar-refractivity contribution in [3.05, 3.63) is 0 Å². The third kappa shape index (κ3) is 7.96. The predicted molar refractivity (Wildman–Crippen MR) is 82.7 cm³/mol. The molecule has 0 bridgehead atoms. The lowest BCUT2D eigenvalue weighted by Gasteiger charge is -2.37. The Morgan fingerprint density at radius 2 is 1.17 bits per heavy atom. The van der Waals surface area contributed by atoms with Crippen molar-refractivity contribution in [2.45, 2.75) is 45.8 Å². The minimum absolute atomic E-state index is 1.57. The van der Waals surface area contributed by atoms with Crippen LogP contribution in [0.5, 0.6) is 0 Å². The lowest BCUT2D eigenvalue weighted by molar-refractivity contribution is 0.255. The molecule has 0 radical (unpaired) electrons. The van der Waals surface area contributed by atoms with Gasteiger partial charge in [0.1, 0.15) is 0 Å². The Balaban J connectivity index is 4.55. The highest BCUT2D eigenvalue weighted by atomic mass is 28.5. The minimum Gasteiger partial charge on any atom is -0.418 e. The molecule has 0 saturated heterocycles. The molecule has 9 heteroatoms. The second-order valence-electron chi connectivity index (χ2n) is 5.53. The van der Waals surface area contributed by atoms with E-state index in [4.69, 9.17) is 21.2 Å². The first kappa shape index (κ1) is 18.7. The zero-order valence-corrected chi connectivity index (χ0v) is 17.3. The van der Waals surface area contributed by atoms with Crippen molar-refractivity contribution in [1.82, 2.24) is 0 Å². The van der Waals surface area contributed by atoms with Crippen molar-refractivity contribution in [1.29, 1.82) is 0 Å². The van der Waals surface area contributed by atoms with Crippen LogP contribution in [0.25, 0.3) is 0 Å². The molecule has 0 aromatic carbocycles. The fourth-order valence-corrected chi connectivity index (χ4v) is 16.3. The highest BCUT2D eigenvalue weighted by molar-refractivity contribution is 6.85. The van der Waals surface area contributed by atoms with Gasteiger partial charge in [-0.2, -0.15) is 0 Å². The molecule has 1 unspecified atom stereocenters. The van der Waals surface area contributed by atoms with E-state index >= 15 is 0 Å². The standard InChI is InChI=1S/C9H28O5Si4/c1-10-15(3)12-17(6,7)14-18(8,9)13-16(4,5)11-2/h15H,1-9H3. The summed E-state index contributed by atoms with van der Waals surface area (Å²) < 4.78 is 28.9. The summed E-state index contributed by atoms with van der Waals surface area (Å²) in [6.07, 6.45) is 0. The molecule has 1 atom stereocenters. The van der Waals surface area contributed by atoms with Gasteiger partial charge in [0.05, 0.1) is 0 Å². The molecule has 0 N–H and O–H groups in total. The van der Waals surface area contributed by atoms with Crippen LogP contribution < -0.4 is 0 Å². The van der Waals surface area contributed by atoms with Crippen molar-refractivity contribution >= 4 is 35.0 Å². The van der Waals surface area contributed by atoms with Crippen molar-refractivity contribution in [3.63, 3.8) is 0 Å². The van der Waals surface area contributed by atoms with E-state index in [1.165, 1.54) is 0 Å². The van der Waals surface area contributed by atoms with Crippen LogP contribution in [0.4, 0.5) is 0 Å². The molecule has 0 aliphatic heterocycles. The average molecular weight is 329 g/mol. The fraction of sp³-hybridized carbons (Fsp3) is 1.00. The van der Waals surface area contributed by atoms with E-state index < -0.39 is 35.0 Å². The van der Waals surface area contributed by atoms with Gasteiger partial charge in [-0.1, -0.05) is 0 Å². The summed E-state index contributed by atoms with van der Waals surface area (Å²) in [4.78, 5) is 0. The number of rotatable bonds is 8. The van der Waals surface area contributed by atoms with Crippen LogP contribution in [0.2, 0.25) is 45.8 Å². The molecule has 0 saturated carbocycles. The Kier molecular flexibility index (Phi) is 7.16.